The molecule has 0 saturated heterocycles. The summed E-state index contributed by atoms with van der Waals surface area (Å²) >= 11 is 0. The third-order valence-corrected chi connectivity index (χ3v) is 4.71. The van der Waals surface area contributed by atoms with Crippen LogP contribution in [0.15, 0.2) is 65.8 Å². The lowest BCUT2D eigenvalue weighted by Crippen LogP contribution is -2.23. The van der Waals surface area contributed by atoms with Crippen molar-refractivity contribution in [2.24, 2.45) is 7.05 Å². The average molecular weight is 403 g/mol. The van der Waals surface area contributed by atoms with E-state index in [9.17, 15) is 9.59 Å². The lowest BCUT2D eigenvalue weighted by Gasteiger charge is -2.12. The number of hydrogen-bond donors (Lipinski definition) is 1. The highest BCUT2D eigenvalue weighted by molar-refractivity contribution is 5.92. The van der Waals surface area contributed by atoms with Crippen LogP contribution < -0.4 is 15.6 Å². The highest BCUT2D eigenvalue weighted by Gasteiger charge is 2.11. The minimum atomic E-state index is -0.229. The maximum Gasteiger partial charge on any atom is 0.264 e. The van der Waals surface area contributed by atoms with Gasteiger partial charge in [-0.2, -0.15) is 5.10 Å². The number of amides is 1. The molecule has 0 atom stereocenters. The molecule has 0 spiro atoms. The summed E-state index contributed by atoms with van der Waals surface area (Å²) in [5, 5.41) is 7.33. The highest BCUT2D eigenvalue weighted by atomic mass is 16.5. The molecule has 4 rings (SSSR count). The Bertz CT molecular complexity index is 1260. The van der Waals surface area contributed by atoms with E-state index in [-0.39, 0.29) is 24.4 Å². The number of hydrogen-bond acceptors (Lipinski definition) is 5. The largest absolute Gasteiger partial charge is 0.455 e. The maximum atomic E-state index is 12.5. The summed E-state index contributed by atoms with van der Waals surface area (Å²) < 4.78 is 8.86. The lowest BCUT2D eigenvalue weighted by molar-refractivity contribution is -0.116. The van der Waals surface area contributed by atoms with E-state index in [0.717, 1.165) is 5.56 Å². The predicted octanol–water partition coefficient (Wildman–Crippen LogP) is 3.26. The average Bonchev–Trinajstić information content (AvgIpc) is 3.12. The molecule has 0 unspecified atom stereocenters. The zero-order chi connectivity index (χ0) is 21.1. The van der Waals surface area contributed by atoms with E-state index in [1.165, 1.54) is 17.1 Å². The van der Waals surface area contributed by atoms with Crippen molar-refractivity contribution in [2.45, 2.75) is 19.9 Å². The van der Waals surface area contributed by atoms with E-state index >= 15 is 0 Å². The van der Waals surface area contributed by atoms with Crippen LogP contribution in [0.3, 0.4) is 0 Å². The molecule has 0 saturated carbocycles. The first-order valence-corrected chi connectivity index (χ1v) is 9.52. The van der Waals surface area contributed by atoms with Gasteiger partial charge < -0.3 is 10.1 Å². The Morgan fingerprint density at radius 3 is 2.70 bits per heavy atom. The number of rotatable bonds is 6. The Morgan fingerprint density at radius 1 is 1.13 bits per heavy atom. The number of benzene rings is 2. The second kappa shape index (κ2) is 8.20. The van der Waals surface area contributed by atoms with E-state index in [2.05, 4.69) is 15.4 Å². The molecule has 0 aliphatic carbocycles. The van der Waals surface area contributed by atoms with Crippen LogP contribution >= 0.6 is 0 Å². The van der Waals surface area contributed by atoms with Gasteiger partial charge in [-0.25, -0.2) is 4.98 Å². The first kappa shape index (κ1) is 19.4. The molecular weight excluding hydrogens is 382 g/mol. The van der Waals surface area contributed by atoms with Gasteiger partial charge in [-0.05, 0) is 31.2 Å². The first-order valence-electron chi connectivity index (χ1n) is 9.52. The number of fused-ring (bicyclic) bond motifs is 1. The fraction of sp³-hybridized carbons (Fsp3) is 0.182. The highest BCUT2D eigenvalue weighted by Crippen LogP contribution is 2.29. The smallest absolute Gasteiger partial charge is 0.264 e. The molecule has 152 valence electrons. The predicted molar refractivity (Wildman–Crippen MR) is 114 cm³/mol. The Morgan fingerprint density at radius 2 is 1.90 bits per heavy atom. The van der Waals surface area contributed by atoms with Gasteiger partial charge in [-0.3, -0.25) is 18.8 Å². The van der Waals surface area contributed by atoms with Crippen LogP contribution in [0.5, 0.6) is 11.5 Å². The molecule has 8 heteroatoms. The first-order chi connectivity index (χ1) is 14.5. The van der Waals surface area contributed by atoms with Crippen molar-refractivity contribution in [3.8, 4) is 11.5 Å². The van der Waals surface area contributed by atoms with Crippen molar-refractivity contribution in [3.63, 3.8) is 0 Å². The fourth-order valence-corrected chi connectivity index (χ4v) is 3.05. The maximum absolute atomic E-state index is 12.5. The summed E-state index contributed by atoms with van der Waals surface area (Å²) in [6.07, 6.45) is 3.04. The van der Waals surface area contributed by atoms with Crippen molar-refractivity contribution in [3.05, 3.63) is 77.0 Å². The molecule has 0 radical (unpaired) electrons. The van der Waals surface area contributed by atoms with Crippen molar-refractivity contribution < 1.29 is 9.53 Å². The van der Waals surface area contributed by atoms with Crippen LogP contribution in [-0.2, 0) is 18.4 Å². The van der Waals surface area contributed by atoms with Gasteiger partial charge in [0.2, 0.25) is 5.91 Å². The van der Waals surface area contributed by atoms with Crippen molar-refractivity contribution in [1.29, 1.82) is 0 Å². The molecule has 0 aliphatic heterocycles. The molecule has 0 bridgehead atoms. The molecule has 8 nitrogen and oxygen atoms in total. The van der Waals surface area contributed by atoms with Gasteiger partial charge in [0, 0.05) is 20.0 Å². The zero-order valence-corrected chi connectivity index (χ0v) is 16.7. The molecule has 4 aromatic rings. The van der Waals surface area contributed by atoms with Gasteiger partial charge in [-0.15, -0.1) is 0 Å². The van der Waals surface area contributed by atoms with E-state index < -0.39 is 0 Å². The molecular formula is C22H21N5O3. The van der Waals surface area contributed by atoms with E-state index in [1.54, 1.807) is 23.9 Å². The molecule has 30 heavy (non-hydrogen) atoms. The summed E-state index contributed by atoms with van der Waals surface area (Å²) in [7, 11) is 1.72. The Balaban J connectivity index is 1.44. The van der Waals surface area contributed by atoms with Gasteiger partial charge in [0.25, 0.3) is 5.56 Å². The van der Waals surface area contributed by atoms with E-state index in [0.29, 0.717) is 28.2 Å². The summed E-state index contributed by atoms with van der Waals surface area (Å²) in [6.45, 7) is 2.22. The summed E-state index contributed by atoms with van der Waals surface area (Å²) in [5.41, 5.74) is 2.00. The number of carbonyl (C=O) groups excluding carboxylic acids is 1. The molecule has 2 aromatic carbocycles. The van der Waals surface area contributed by atoms with Gasteiger partial charge in [0.1, 0.15) is 11.1 Å². The lowest BCUT2D eigenvalue weighted by atomic mass is 10.2. The van der Waals surface area contributed by atoms with Crippen LogP contribution in [0.25, 0.3) is 11.0 Å². The van der Waals surface area contributed by atoms with Gasteiger partial charge in [0.15, 0.2) is 11.4 Å². The monoisotopic (exact) mass is 403 g/mol. The number of para-hydroxylation sites is 2. The Kier molecular flexibility index (Phi) is 5.30. The van der Waals surface area contributed by atoms with Crippen LogP contribution in [0.1, 0.15) is 12.0 Å². The fourth-order valence-electron chi connectivity index (χ4n) is 3.05. The zero-order valence-electron chi connectivity index (χ0n) is 16.7. The molecule has 1 N–H and O–H groups in total. The Labute approximate surface area is 172 Å². The number of nitrogens with zero attached hydrogens (tertiary/aromatic N) is 4. The van der Waals surface area contributed by atoms with Crippen LogP contribution in [0.2, 0.25) is 0 Å². The number of aromatic nitrogens is 4. The van der Waals surface area contributed by atoms with Crippen molar-refractivity contribution >= 4 is 22.6 Å². The quantitative estimate of drug-likeness (QED) is 0.534. The summed E-state index contributed by atoms with van der Waals surface area (Å²) in [4.78, 5) is 29.2. The van der Waals surface area contributed by atoms with Crippen LogP contribution in [-0.4, -0.2) is 25.2 Å². The molecule has 1 amide bonds. The standard InChI is InChI=1S/C22H21N5O3/c1-15-7-9-16(10-8-15)30-19-6-4-3-5-18(19)25-20(28)11-12-27-14-23-21-17(22(27)29)13-24-26(21)2/h3-10,13-14H,11-12H2,1-2H3,(H,25,28). The minimum Gasteiger partial charge on any atom is -0.455 e. The molecule has 2 aromatic heterocycles. The molecule has 0 fully saturated rings. The van der Waals surface area contributed by atoms with Gasteiger partial charge in [-0.1, -0.05) is 29.8 Å². The third-order valence-electron chi connectivity index (χ3n) is 4.71. The van der Waals surface area contributed by atoms with Crippen molar-refractivity contribution in [2.75, 3.05) is 5.32 Å². The van der Waals surface area contributed by atoms with Gasteiger partial charge >= 0.3 is 0 Å². The summed E-state index contributed by atoms with van der Waals surface area (Å²) in [5.74, 6) is 1.00. The molecule has 0 aliphatic rings. The normalized spacial score (nSPS) is 10.9. The van der Waals surface area contributed by atoms with Crippen LogP contribution in [0, 0.1) is 6.92 Å². The number of nitrogens with one attached hydrogen (secondary N) is 1. The van der Waals surface area contributed by atoms with Crippen LogP contribution in [0.4, 0.5) is 5.69 Å². The number of ether oxygens (including phenoxy) is 1. The van der Waals surface area contributed by atoms with E-state index in [1.807, 2.05) is 43.3 Å². The number of carbonyl (C=O) groups is 1. The summed E-state index contributed by atoms with van der Waals surface area (Å²) in [6, 6.07) is 14.9. The van der Waals surface area contributed by atoms with E-state index in [4.69, 9.17) is 4.74 Å². The second-order valence-corrected chi connectivity index (χ2v) is 6.96. The number of aryl methyl sites for hydroxylation is 3. The molecule has 2 heterocycles. The topological polar surface area (TPSA) is 91.0 Å². The Hall–Kier alpha value is -3.94. The van der Waals surface area contributed by atoms with Crippen molar-refractivity contribution in [1.82, 2.24) is 19.3 Å². The minimum absolute atomic E-state index is 0.117. The second-order valence-electron chi connectivity index (χ2n) is 6.96. The van der Waals surface area contributed by atoms with Gasteiger partial charge in [0.05, 0.1) is 18.2 Å². The SMILES string of the molecule is Cc1ccc(Oc2ccccc2NC(=O)CCn2cnc3c(cnn3C)c2=O)cc1. The third kappa shape index (κ3) is 4.07. The number of anilines is 1.